The van der Waals surface area contributed by atoms with Crippen LogP contribution >= 0.6 is 0 Å². The summed E-state index contributed by atoms with van der Waals surface area (Å²) in [5.41, 5.74) is 0. The van der Waals surface area contributed by atoms with Gasteiger partial charge in [0, 0.05) is 0 Å². The second kappa shape index (κ2) is 7.30. The van der Waals surface area contributed by atoms with Crippen LogP contribution in [-0.4, -0.2) is 26.8 Å². The van der Waals surface area contributed by atoms with Crippen LogP contribution in [0, 0.1) is 0 Å². The Bertz CT molecular complexity index is 91.3. The standard InChI is InChI=1S/C8H16OSe/c1-3-5-6-7-8(10)9-4-2/h3-7H2,1-2H3. The van der Waals surface area contributed by atoms with E-state index in [0.717, 1.165) is 17.6 Å². The molecule has 0 aliphatic rings. The molecule has 60 valence electrons. The van der Waals surface area contributed by atoms with Gasteiger partial charge in [-0.3, -0.25) is 0 Å². The zero-order chi connectivity index (χ0) is 7.82. The Hall–Kier alpha value is 0.189. The van der Waals surface area contributed by atoms with Crippen molar-refractivity contribution in [1.29, 1.82) is 0 Å². The molecule has 0 fully saturated rings. The number of ether oxygens (including phenoxy) is 1. The van der Waals surface area contributed by atoms with E-state index >= 15 is 0 Å². The molecule has 0 radical (unpaired) electrons. The quantitative estimate of drug-likeness (QED) is 0.477. The van der Waals surface area contributed by atoms with Crippen molar-refractivity contribution >= 4 is 20.2 Å². The predicted octanol–water partition coefficient (Wildman–Crippen LogP) is 1.90. The van der Waals surface area contributed by atoms with Crippen LogP contribution in [0.2, 0.25) is 0 Å². The van der Waals surface area contributed by atoms with Gasteiger partial charge in [-0.1, -0.05) is 0 Å². The Morgan fingerprint density at radius 1 is 1.30 bits per heavy atom. The molecule has 0 saturated carbocycles. The van der Waals surface area contributed by atoms with Gasteiger partial charge in [0.25, 0.3) is 0 Å². The van der Waals surface area contributed by atoms with Crippen LogP contribution in [0.5, 0.6) is 0 Å². The Balaban J connectivity index is 3.05. The van der Waals surface area contributed by atoms with Crippen molar-refractivity contribution in [2.75, 3.05) is 6.61 Å². The molecule has 0 N–H and O–H groups in total. The van der Waals surface area contributed by atoms with Gasteiger partial charge in [-0.2, -0.15) is 0 Å². The van der Waals surface area contributed by atoms with Crippen molar-refractivity contribution in [1.82, 2.24) is 0 Å². The van der Waals surface area contributed by atoms with Crippen LogP contribution in [0.4, 0.5) is 0 Å². The zero-order valence-corrected chi connectivity index (χ0v) is 8.57. The number of rotatable bonds is 6. The second-order valence-corrected chi connectivity index (χ2v) is 3.22. The molecular formula is C8H16OSe. The molecule has 0 saturated heterocycles. The van der Waals surface area contributed by atoms with Crippen molar-refractivity contribution in [2.24, 2.45) is 0 Å². The number of unbranched alkanes of at least 4 members (excludes halogenated alkanes) is 2. The van der Waals surface area contributed by atoms with Gasteiger partial charge in [-0.15, -0.1) is 0 Å². The summed E-state index contributed by atoms with van der Waals surface area (Å²) in [7, 11) is 0. The van der Waals surface area contributed by atoms with Crippen LogP contribution in [0.3, 0.4) is 0 Å². The van der Waals surface area contributed by atoms with Crippen molar-refractivity contribution in [3.05, 3.63) is 0 Å². The van der Waals surface area contributed by atoms with Gasteiger partial charge in [-0.25, -0.2) is 0 Å². The fourth-order valence-electron chi connectivity index (χ4n) is 0.752. The molecule has 0 aliphatic heterocycles. The third-order valence-electron chi connectivity index (χ3n) is 1.29. The Labute approximate surface area is 71.5 Å². The van der Waals surface area contributed by atoms with Gasteiger partial charge in [0.2, 0.25) is 0 Å². The number of hydrogen-bond acceptors (Lipinski definition) is 1. The molecule has 0 aromatic rings. The van der Waals surface area contributed by atoms with E-state index < -0.39 is 0 Å². The van der Waals surface area contributed by atoms with Crippen molar-refractivity contribution in [3.63, 3.8) is 0 Å². The molecule has 0 aromatic carbocycles. The summed E-state index contributed by atoms with van der Waals surface area (Å²) in [5.74, 6) is 0. The summed E-state index contributed by atoms with van der Waals surface area (Å²) in [5, 5.41) is 0. The molecule has 0 aliphatic carbocycles. The van der Waals surface area contributed by atoms with Crippen LogP contribution in [0.25, 0.3) is 0 Å². The Morgan fingerprint density at radius 3 is 2.50 bits per heavy atom. The summed E-state index contributed by atoms with van der Waals surface area (Å²) in [6.07, 6.45) is 4.91. The van der Waals surface area contributed by atoms with Crippen molar-refractivity contribution < 1.29 is 4.74 Å². The molecule has 10 heavy (non-hydrogen) atoms. The molecule has 0 unspecified atom stereocenters. The third kappa shape index (κ3) is 6.31. The van der Waals surface area contributed by atoms with Crippen LogP contribution in [0.1, 0.15) is 39.5 Å². The van der Waals surface area contributed by atoms with Crippen LogP contribution < -0.4 is 0 Å². The maximum absolute atomic E-state index is 5.25. The third-order valence-corrected chi connectivity index (χ3v) is 1.97. The van der Waals surface area contributed by atoms with Crippen LogP contribution in [-0.2, 0) is 4.74 Å². The topological polar surface area (TPSA) is 9.23 Å². The molecule has 0 aromatic heterocycles. The maximum atomic E-state index is 5.25. The average molecular weight is 207 g/mol. The normalized spacial score (nSPS) is 9.40. The number of hydrogen-bond donors (Lipinski definition) is 0. The fourth-order valence-corrected chi connectivity index (χ4v) is 1.30. The van der Waals surface area contributed by atoms with E-state index in [0.29, 0.717) is 0 Å². The average Bonchev–Trinajstić information content (AvgIpc) is 1.89. The monoisotopic (exact) mass is 208 g/mol. The first-order chi connectivity index (χ1) is 4.81. The van der Waals surface area contributed by atoms with E-state index in [4.69, 9.17) is 4.74 Å². The Morgan fingerprint density at radius 2 is 2.00 bits per heavy atom. The summed E-state index contributed by atoms with van der Waals surface area (Å²) in [6, 6.07) is 0. The summed E-state index contributed by atoms with van der Waals surface area (Å²) in [4.78, 5) is 0. The van der Waals surface area contributed by atoms with Gasteiger partial charge in [-0.05, 0) is 0 Å². The van der Waals surface area contributed by atoms with E-state index in [2.05, 4.69) is 22.5 Å². The molecule has 0 atom stereocenters. The first-order valence-corrected chi connectivity index (χ1v) is 4.82. The molecule has 1 nitrogen and oxygen atoms in total. The van der Waals surface area contributed by atoms with Gasteiger partial charge in [0.05, 0.1) is 0 Å². The van der Waals surface area contributed by atoms with Gasteiger partial charge in [0.15, 0.2) is 0 Å². The molecule has 0 heterocycles. The minimum absolute atomic E-state index is 0.786. The van der Waals surface area contributed by atoms with E-state index in [-0.39, 0.29) is 0 Å². The first-order valence-electron chi connectivity index (χ1n) is 3.96. The van der Waals surface area contributed by atoms with Crippen molar-refractivity contribution in [3.8, 4) is 0 Å². The van der Waals surface area contributed by atoms with E-state index in [1.807, 2.05) is 6.92 Å². The van der Waals surface area contributed by atoms with Gasteiger partial charge >= 0.3 is 71.1 Å². The first kappa shape index (κ1) is 10.2. The molecule has 0 bridgehead atoms. The zero-order valence-electron chi connectivity index (χ0n) is 6.85. The molecular weight excluding hydrogens is 191 g/mol. The van der Waals surface area contributed by atoms with E-state index in [1.165, 1.54) is 19.3 Å². The predicted molar refractivity (Wildman–Crippen MR) is 46.5 cm³/mol. The minimum atomic E-state index is 0.786. The van der Waals surface area contributed by atoms with E-state index in [9.17, 15) is 0 Å². The molecule has 0 spiro atoms. The summed E-state index contributed by atoms with van der Waals surface area (Å²) < 4.78 is 6.32. The fraction of sp³-hybridized carbons (Fsp3) is 0.875. The molecule has 0 amide bonds. The summed E-state index contributed by atoms with van der Waals surface area (Å²) >= 11 is 2.93. The molecule has 0 rings (SSSR count). The van der Waals surface area contributed by atoms with Gasteiger partial charge < -0.3 is 0 Å². The second-order valence-electron chi connectivity index (χ2n) is 2.26. The van der Waals surface area contributed by atoms with Gasteiger partial charge in [0.1, 0.15) is 0 Å². The SMILES string of the molecule is CCCCCC(=[Se])OCC. The van der Waals surface area contributed by atoms with Crippen LogP contribution in [0.15, 0.2) is 0 Å². The molecule has 2 heteroatoms. The Kier molecular flexibility index (Phi) is 7.44. The summed E-state index contributed by atoms with van der Waals surface area (Å²) in [6.45, 7) is 5.01. The van der Waals surface area contributed by atoms with Crippen molar-refractivity contribution in [2.45, 2.75) is 39.5 Å². The van der Waals surface area contributed by atoms with E-state index in [1.54, 1.807) is 0 Å².